The number of amides is 2. The van der Waals surface area contributed by atoms with Crippen molar-refractivity contribution in [3.63, 3.8) is 0 Å². The Labute approximate surface area is 233 Å². The lowest BCUT2D eigenvalue weighted by Gasteiger charge is -2.23. The third-order valence-corrected chi connectivity index (χ3v) is 7.66. The summed E-state index contributed by atoms with van der Waals surface area (Å²) >= 11 is 0. The molecular formula is C32H34N4O4. The number of hydrogen-bond acceptors (Lipinski definition) is 6. The molecule has 3 aromatic rings. The summed E-state index contributed by atoms with van der Waals surface area (Å²) in [7, 11) is 0. The highest BCUT2D eigenvalue weighted by Gasteiger charge is 2.51. The van der Waals surface area contributed by atoms with Crippen molar-refractivity contribution in [2.24, 2.45) is 0 Å². The minimum atomic E-state index is -1.89. The average molecular weight is 539 g/mol. The molecule has 5 N–H and O–H groups in total. The molecule has 2 fully saturated rings. The van der Waals surface area contributed by atoms with Crippen molar-refractivity contribution in [3.8, 4) is 0 Å². The van der Waals surface area contributed by atoms with Crippen LogP contribution in [-0.2, 0) is 21.5 Å². The molecule has 1 atom stereocenters. The summed E-state index contributed by atoms with van der Waals surface area (Å²) in [6.07, 6.45) is 6.37. The Hall–Kier alpha value is -4.14. The lowest BCUT2D eigenvalue weighted by molar-refractivity contribution is -0.141. The monoisotopic (exact) mass is 538 g/mol. The minimum absolute atomic E-state index is 0.00670. The van der Waals surface area contributed by atoms with Crippen LogP contribution in [0.5, 0.6) is 0 Å². The maximum Gasteiger partial charge on any atom is 0.267 e. The second-order valence-electron chi connectivity index (χ2n) is 10.8. The first-order valence-corrected chi connectivity index (χ1v) is 13.6. The van der Waals surface area contributed by atoms with Crippen LogP contribution in [0.1, 0.15) is 54.1 Å². The van der Waals surface area contributed by atoms with Gasteiger partial charge in [-0.05, 0) is 54.5 Å². The molecule has 0 spiro atoms. The Morgan fingerprint density at radius 2 is 1.73 bits per heavy atom. The largest absolute Gasteiger partial charge is 0.368 e. The molecule has 0 aromatic heterocycles. The molecule has 5 rings (SSSR count). The molecule has 0 aliphatic heterocycles. The molecule has 2 aliphatic rings. The van der Waals surface area contributed by atoms with Gasteiger partial charge in [0.05, 0.1) is 5.71 Å². The van der Waals surface area contributed by atoms with Gasteiger partial charge in [0.15, 0.2) is 5.72 Å². The normalized spacial score (nSPS) is 17.2. The third kappa shape index (κ3) is 5.88. The predicted molar refractivity (Wildman–Crippen MR) is 154 cm³/mol. The maximum atomic E-state index is 13.7. The minimum Gasteiger partial charge on any atom is -0.368 e. The van der Waals surface area contributed by atoms with Crippen LogP contribution in [0.15, 0.2) is 78.9 Å². The van der Waals surface area contributed by atoms with Crippen molar-refractivity contribution in [1.29, 1.82) is 5.41 Å². The van der Waals surface area contributed by atoms with Gasteiger partial charge in [-0.3, -0.25) is 19.7 Å². The molecule has 206 valence electrons. The first-order chi connectivity index (χ1) is 19.2. The van der Waals surface area contributed by atoms with E-state index in [-0.39, 0.29) is 36.5 Å². The van der Waals surface area contributed by atoms with E-state index in [0.717, 1.165) is 42.0 Å². The van der Waals surface area contributed by atoms with Gasteiger partial charge in [0.25, 0.3) is 5.91 Å². The van der Waals surface area contributed by atoms with E-state index in [0.29, 0.717) is 11.1 Å². The molecular weight excluding hydrogens is 504 g/mol. The van der Waals surface area contributed by atoms with Gasteiger partial charge in [-0.1, -0.05) is 72.8 Å². The Balaban J connectivity index is 1.23. The first kappa shape index (κ1) is 27.4. The molecule has 0 radical (unpaired) electrons. The van der Waals surface area contributed by atoms with Crippen molar-refractivity contribution in [3.05, 3.63) is 95.6 Å². The highest BCUT2D eigenvalue weighted by atomic mass is 16.3. The van der Waals surface area contributed by atoms with Crippen LogP contribution in [0, 0.1) is 5.41 Å². The van der Waals surface area contributed by atoms with Gasteiger partial charge in [0.2, 0.25) is 11.7 Å². The topological polar surface area (TPSA) is 131 Å². The molecule has 8 nitrogen and oxygen atoms in total. The summed E-state index contributed by atoms with van der Waals surface area (Å²) in [5.74, 6) is -1.24. The van der Waals surface area contributed by atoms with E-state index in [1.807, 2.05) is 42.5 Å². The lowest BCUT2D eigenvalue weighted by atomic mass is 9.83. The van der Waals surface area contributed by atoms with Gasteiger partial charge in [0.1, 0.15) is 0 Å². The van der Waals surface area contributed by atoms with Crippen LogP contribution in [0.2, 0.25) is 0 Å². The van der Waals surface area contributed by atoms with E-state index in [4.69, 9.17) is 5.41 Å². The summed E-state index contributed by atoms with van der Waals surface area (Å²) in [5, 5.41) is 29.9. The predicted octanol–water partition coefficient (Wildman–Crippen LogP) is 3.52. The van der Waals surface area contributed by atoms with E-state index in [2.05, 4.69) is 16.0 Å². The second kappa shape index (κ2) is 11.2. The fourth-order valence-corrected chi connectivity index (χ4v) is 5.00. The first-order valence-electron chi connectivity index (χ1n) is 13.6. The molecule has 2 aliphatic carbocycles. The molecule has 8 heteroatoms. The zero-order chi connectivity index (χ0) is 28.3. The number of fused-ring (bicyclic) bond motifs is 1. The summed E-state index contributed by atoms with van der Waals surface area (Å²) in [5.41, 5.74) is -0.548. The Morgan fingerprint density at radius 3 is 2.48 bits per heavy atom. The number of Topliss-reactive ketones (excluding diaryl/α,β-unsaturated/α-hetero) is 1. The van der Waals surface area contributed by atoms with Gasteiger partial charge in [0, 0.05) is 36.2 Å². The Morgan fingerprint density at radius 1 is 1.02 bits per heavy atom. The Bertz CT molecular complexity index is 1500. The number of carbonyl (C=O) groups excluding carboxylic acids is 3. The second-order valence-corrected chi connectivity index (χ2v) is 10.8. The summed E-state index contributed by atoms with van der Waals surface area (Å²) < 4.78 is 0. The molecule has 40 heavy (non-hydrogen) atoms. The summed E-state index contributed by atoms with van der Waals surface area (Å²) in [6.45, 7) is 1.45. The number of carbonyl (C=O) groups is 3. The SMILES string of the molecule is CC(O)(NC/C=C/C(=O)NC1CC1)C(=O)NCc1ccccc1C(=O)C(=N)C1(c2cccc3ccccc23)CC1. The zero-order valence-electron chi connectivity index (χ0n) is 22.5. The zero-order valence-corrected chi connectivity index (χ0v) is 22.5. The number of benzene rings is 3. The van der Waals surface area contributed by atoms with E-state index in [1.54, 1.807) is 30.3 Å². The van der Waals surface area contributed by atoms with Crippen LogP contribution in [0.4, 0.5) is 0 Å². The van der Waals surface area contributed by atoms with E-state index < -0.39 is 17.0 Å². The van der Waals surface area contributed by atoms with E-state index in [9.17, 15) is 19.5 Å². The fourth-order valence-electron chi connectivity index (χ4n) is 5.00. The Kier molecular flexibility index (Phi) is 7.65. The average Bonchev–Trinajstić information content (AvgIpc) is 3.90. The van der Waals surface area contributed by atoms with Gasteiger partial charge in [-0.25, -0.2) is 0 Å². The van der Waals surface area contributed by atoms with Crippen molar-refractivity contribution >= 4 is 34.1 Å². The van der Waals surface area contributed by atoms with Crippen LogP contribution in [0.3, 0.4) is 0 Å². The number of rotatable bonds is 12. The number of hydrogen-bond donors (Lipinski definition) is 5. The van der Waals surface area contributed by atoms with Crippen LogP contribution in [-0.4, -0.2) is 46.7 Å². The molecule has 3 aromatic carbocycles. The van der Waals surface area contributed by atoms with Crippen molar-refractivity contribution in [2.75, 3.05) is 6.54 Å². The summed E-state index contributed by atoms with van der Waals surface area (Å²) in [6, 6.07) is 21.2. The smallest absolute Gasteiger partial charge is 0.267 e. The van der Waals surface area contributed by atoms with Gasteiger partial charge >= 0.3 is 0 Å². The number of nitrogens with one attached hydrogen (secondary N) is 4. The van der Waals surface area contributed by atoms with Crippen molar-refractivity contribution in [1.82, 2.24) is 16.0 Å². The van der Waals surface area contributed by atoms with Gasteiger partial charge < -0.3 is 21.1 Å². The van der Waals surface area contributed by atoms with Gasteiger partial charge in [-0.2, -0.15) is 0 Å². The fraction of sp³-hybridized carbons (Fsp3) is 0.312. The molecule has 1 unspecified atom stereocenters. The van der Waals surface area contributed by atoms with Crippen LogP contribution < -0.4 is 16.0 Å². The molecule has 2 amide bonds. The molecule has 2 saturated carbocycles. The van der Waals surface area contributed by atoms with Crippen LogP contribution >= 0.6 is 0 Å². The highest BCUT2D eigenvalue weighted by molar-refractivity contribution is 6.49. The number of aliphatic hydroxyl groups is 1. The quantitative estimate of drug-likeness (QED) is 0.104. The van der Waals surface area contributed by atoms with E-state index in [1.165, 1.54) is 13.0 Å². The van der Waals surface area contributed by atoms with Crippen molar-refractivity contribution < 1.29 is 19.5 Å². The standard InChI is InChI=1S/C32H34N4O4/c1-31(40,35-19-7-14-27(37)36-23-15-16-23)30(39)34-20-22-9-3-5-12-25(22)28(38)29(33)32(17-18-32)26-13-6-10-21-8-2-4-11-24(21)26/h2-14,23,33,35,40H,15-20H2,1H3,(H,34,39)(H,36,37)/b14-7+,33-29?. The van der Waals surface area contributed by atoms with Crippen molar-refractivity contribution in [2.45, 2.75) is 56.3 Å². The third-order valence-electron chi connectivity index (χ3n) is 7.66. The highest BCUT2D eigenvalue weighted by Crippen LogP contribution is 2.51. The van der Waals surface area contributed by atoms with Gasteiger partial charge in [-0.15, -0.1) is 0 Å². The number of ketones is 1. The van der Waals surface area contributed by atoms with E-state index >= 15 is 0 Å². The molecule has 0 bridgehead atoms. The molecule has 0 heterocycles. The maximum absolute atomic E-state index is 13.7. The van der Waals surface area contributed by atoms with Crippen LogP contribution in [0.25, 0.3) is 10.8 Å². The molecule has 0 saturated heterocycles. The summed E-state index contributed by atoms with van der Waals surface area (Å²) in [4.78, 5) is 38.2. The lowest BCUT2D eigenvalue weighted by Crippen LogP contribution is -2.54.